The van der Waals surface area contributed by atoms with Crippen molar-refractivity contribution < 1.29 is 9.47 Å². The van der Waals surface area contributed by atoms with Gasteiger partial charge < -0.3 is 14.8 Å². The molecule has 0 fully saturated rings. The van der Waals surface area contributed by atoms with Gasteiger partial charge in [-0.05, 0) is 25.7 Å². The van der Waals surface area contributed by atoms with E-state index in [2.05, 4.69) is 33.0 Å². The van der Waals surface area contributed by atoms with Crippen molar-refractivity contribution in [3.8, 4) is 0 Å². The first kappa shape index (κ1) is 44.9. The van der Waals surface area contributed by atoms with E-state index in [4.69, 9.17) is 9.47 Å². The molecule has 0 rings (SSSR count). The molecule has 0 aliphatic heterocycles. The maximum atomic E-state index is 6.25. The van der Waals surface area contributed by atoms with E-state index in [0.29, 0.717) is 12.2 Å². The van der Waals surface area contributed by atoms with Gasteiger partial charge in [-0.3, -0.25) is 0 Å². The number of nitrogens with one attached hydrogen (secondary N) is 1. The van der Waals surface area contributed by atoms with Crippen LogP contribution >= 0.6 is 0 Å². The Labute approximate surface area is 285 Å². The summed E-state index contributed by atoms with van der Waals surface area (Å²) in [6.45, 7) is 12.8. The average Bonchev–Trinajstić information content (AvgIpc) is 3.05. The number of ether oxygens (including phenoxy) is 2. The molecule has 0 bridgehead atoms. The molecule has 2 atom stereocenters. The molecule has 45 heavy (non-hydrogen) atoms. The smallest absolute Gasteiger partial charge is 0.0699 e. The Bertz CT molecular complexity index is 469. The van der Waals surface area contributed by atoms with E-state index < -0.39 is 0 Å². The van der Waals surface area contributed by atoms with Crippen LogP contribution in [0.15, 0.2) is 0 Å². The zero-order valence-corrected chi connectivity index (χ0v) is 31.9. The van der Waals surface area contributed by atoms with Gasteiger partial charge >= 0.3 is 0 Å². The molecule has 0 heterocycles. The van der Waals surface area contributed by atoms with Crippen molar-refractivity contribution in [3.63, 3.8) is 0 Å². The molecule has 1 N–H and O–H groups in total. The molecule has 0 radical (unpaired) electrons. The molecule has 0 amide bonds. The van der Waals surface area contributed by atoms with E-state index in [1.54, 1.807) is 0 Å². The summed E-state index contributed by atoms with van der Waals surface area (Å²) in [6, 6.07) is 0. The Kier molecular flexibility index (Phi) is 39.9. The summed E-state index contributed by atoms with van der Waals surface area (Å²) in [7, 11) is 0. The second-order valence-corrected chi connectivity index (χ2v) is 14.4. The van der Waals surface area contributed by atoms with E-state index in [0.717, 1.165) is 39.1 Å². The van der Waals surface area contributed by atoms with Gasteiger partial charge in [0, 0.05) is 26.3 Å². The lowest BCUT2D eigenvalue weighted by Crippen LogP contribution is -2.36. The summed E-state index contributed by atoms with van der Waals surface area (Å²) in [5.74, 6) is 0. The summed E-state index contributed by atoms with van der Waals surface area (Å²) in [6.07, 6.45) is 45.1. The van der Waals surface area contributed by atoms with Crippen molar-refractivity contribution in [1.82, 2.24) is 5.32 Å². The van der Waals surface area contributed by atoms with Crippen molar-refractivity contribution in [2.75, 3.05) is 26.3 Å². The van der Waals surface area contributed by atoms with Crippen molar-refractivity contribution in [1.29, 1.82) is 0 Å². The molecule has 0 saturated heterocycles. The second-order valence-electron chi connectivity index (χ2n) is 14.4. The summed E-state index contributed by atoms with van der Waals surface area (Å²) in [5.41, 5.74) is 0. The topological polar surface area (TPSA) is 30.5 Å². The molecular weight excluding hydrogens is 550 g/mol. The van der Waals surface area contributed by atoms with Gasteiger partial charge in [0.1, 0.15) is 0 Å². The van der Waals surface area contributed by atoms with Crippen LogP contribution in [0.4, 0.5) is 0 Å². The van der Waals surface area contributed by atoms with Crippen LogP contribution in [-0.4, -0.2) is 38.5 Å². The Hall–Kier alpha value is -0.120. The van der Waals surface area contributed by atoms with Gasteiger partial charge in [0.2, 0.25) is 0 Å². The van der Waals surface area contributed by atoms with E-state index >= 15 is 0 Å². The fourth-order valence-electron chi connectivity index (χ4n) is 6.60. The SMILES string of the molecule is CCCCCCCCCCCCCCCCC(CNCC(CCCCCCCCCCCCCCCC)OCCC)OCCC. The summed E-state index contributed by atoms with van der Waals surface area (Å²) in [5, 5.41) is 3.75. The molecule has 0 aliphatic rings. The number of unbranched alkanes of at least 4 members (excludes halogenated alkanes) is 26. The van der Waals surface area contributed by atoms with Gasteiger partial charge in [-0.2, -0.15) is 0 Å². The quantitative estimate of drug-likeness (QED) is 0.0678. The summed E-state index contributed by atoms with van der Waals surface area (Å²) in [4.78, 5) is 0. The molecule has 2 unspecified atom stereocenters. The molecule has 0 saturated carbocycles. The molecule has 3 heteroatoms. The minimum absolute atomic E-state index is 0.357. The Balaban J connectivity index is 3.87. The van der Waals surface area contributed by atoms with Crippen LogP contribution in [0.3, 0.4) is 0 Å². The van der Waals surface area contributed by atoms with E-state index in [1.807, 2.05) is 0 Å². The van der Waals surface area contributed by atoms with Crippen molar-refractivity contribution in [2.24, 2.45) is 0 Å². The number of hydrogen-bond acceptors (Lipinski definition) is 3. The van der Waals surface area contributed by atoms with Crippen LogP contribution in [0.2, 0.25) is 0 Å². The molecule has 0 aromatic carbocycles. The fourth-order valence-corrected chi connectivity index (χ4v) is 6.60. The van der Waals surface area contributed by atoms with E-state index in [9.17, 15) is 0 Å². The van der Waals surface area contributed by atoms with Crippen molar-refractivity contribution in [3.05, 3.63) is 0 Å². The molecule has 272 valence electrons. The van der Waals surface area contributed by atoms with Crippen LogP contribution in [-0.2, 0) is 9.47 Å². The highest BCUT2D eigenvalue weighted by molar-refractivity contribution is 4.68. The highest BCUT2D eigenvalue weighted by Crippen LogP contribution is 2.16. The lowest BCUT2D eigenvalue weighted by molar-refractivity contribution is 0.0290. The maximum absolute atomic E-state index is 6.25. The third kappa shape index (κ3) is 36.6. The van der Waals surface area contributed by atoms with Gasteiger partial charge in [0.05, 0.1) is 12.2 Å². The van der Waals surface area contributed by atoms with Crippen LogP contribution in [0.5, 0.6) is 0 Å². The van der Waals surface area contributed by atoms with Gasteiger partial charge in [-0.15, -0.1) is 0 Å². The normalized spacial score (nSPS) is 13.1. The third-order valence-electron chi connectivity index (χ3n) is 9.62. The highest BCUT2D eigenvalue weighted by atomic mass is 16.5. The Morgan fingerprint density at radius 3 is 0.800 bits per heavy atom. The lowest BCUT2D eigenvalue weighted by Gasteiger charge is -2.22. The molecule has 0 aromatic heterocycles. The van der Waals surface area contributed by atoms with Crippen LogP contribution in [0, 0.1) is 0 Å². The van der Waals surface area contributed by atoms with Gasteiger partial charge in [-0.25, -0.2) is 0 Å². The molecule has 0 spiro atoms. The zero-order chi connectivity index (χ0) is 32.7. The molecule has 0 aliphatic carbocycles. The average molecular weight is 638 g/mol. The first-order valence-electron chi connectivity index (χ1n) is 21.2. The monoisotopic (exact) mass is 638 g/mol. The Morgan fingerprint density at radius 1 is 0.311 bits per heavy atom. The second kappa shape index (κ2) is 40.1. The highest BCUT2D eigenvalue weighted by Gasteiger charge is 2.12. The predicted molar refractivity (Wildman–Crippen MR) is 203 cm³/mol. The zero-order valence-electron chi connectivity index (χ0n) is 31.9. The van der Waals surface area contributed by atoms with Crippen molar-refractivity contribution >= 4 is 0 Å². The number of hydrogen-bond donors (Lipinski definition) is 1. The first-order chi connectivity index (χ1) is 22.3. The van der Waals surface area contributed by atoms with Gasteiger partial charge in [0.25, 0.3) is 0 Å². The molecule has 0 aromatic rings. The Morgan fingerprint density at radius 2 is 0.556 bits per heavy atom. The minimum Gasteiger partial charge on any atom is -0.377 e. The minimum atomic E-state index is 0.357. The lowest BCUT2D eigenvalue weighted by atomic mass is 10.0. The van der Waals surface area contributed by atoms with E-state index in [1.165, 1.54) is 193 Å². The van der Waals surface area contributed by atoms with Crippen LogP contribution < -0.4 is 5.32 Å². The van der Waals surface area contributed by atoms with Crippen LogP contribution in [0.25, 0.3) is 0 Å². The van der Waals surface area contributed by atoms with Crippen LogP contribution in [0.1, 0.15) is 233 Å². The molecule has 3 nitrogen and oxygen atoms in total. The van der Waals surface area contributed by atoms with Gasteiger partial charge in [-0.1, -0.05) is 207 Å². The van der Waals surface area contributed by atoms with Crippen molar-refractivity contribution in [2.45, 2.75) is 245 Å². The summed E-state index contributed by atoms with van der Waals surface area (Å²) >= 11 is 0. The maximum Gasteiger partial charge on any atom is 0.0699 e. The third-order valence-corrected chi connectivity index (χ3v) is 9.62. The largest absolute Gasteiger partial charge is 0.377 e. The first-order valence-corrected chi connectivity index (χ1v) is 21.2. The standard InChI is InChI=1S/C42H87NO2/c1-5-9-11-13-15-17-19-21-23-25-27-29-31-33-35-41(44-37-7-3)39-43-40-42(45-38-8-4)36-34-32-30-28-26-24-22-20-18-16-14-12-10-6-2/h41-43H,5-40H2,1-4H3. The van der Waals surface area contributed by atoms with Gasteiger partial charge in [0.15, 0.2) is 0 Å². The predicted octanol–water partition coefficient (Wildman–Crippen LogP) is 13.9. The fraction of sp³-hybridized carbons (Fsp3) is 1.00. The van der Waals surface area contributed by atoms with E-state index in [-0.39, 0.29) is 0 Å². The molecular formula is C42H87NO2. The number of rotatable bonds is 40. The summed E-state index contributed by atoms with van der Waals surface area (Å²) < 4.78 is 12.5.